The maximum atomic E-state index is 12.1. The molecule has 138 valence electrons. The number of carbonyl (C=O) groups excluding carboxylic acids is 1. The molecular weight excluding hydrogens is 340 g/mol. The standard InChI is InChI=1S/C20H22N6O/c27-20(10-9-15-14-22-16-6-3-4-7-17(16)23-15)21-12-11-19-25-24-18-8-2-1-5-13-26(18)19/h3-4,6-7,9-10,14H,1-2,5,8,11-13H2,(H,21,27)/b10-9+. The fraction of sp³-hybridized carbons (Fsp3) is 0.350. The second-order valence-electron chi connectivity index (χ2n) is 6.65. The molecule has 1 N–H and O–H groups in total. The summed E-state index contributed by atoms with van der Waals surface area (Å²) in [5.74, 6) is 1.88. The number of nitrogens with one attached hydrogen (secondary N) is 1. The third-order valence-electron chi connectivity index (χ3n) is 4.71. The molecule has 27 heavy (non-hydrogen) atoms. The molecule has 0 fully saturated rings. The molecule has 0 radical (unpaired) electrons. The number of para-hydroxylation sites is 2. The number of aryl methyl sites for hydroxylation is 1. The number of aromatic nitrogens is 5. The Morgan fingerprint density at radius 3 is 2.96 bits per heavy atom. The van der Waals surface area contributed by atoms with Crippen molar-refractivity contribution in [3.8, 4) is 0 Å². The number of carbonyl (C=O) groups is 1. The summed E-state index contributed by atoms with van der Waals surface area (Å²) in [6, 6.07) is 7.66. The first-order valence-corrected chi connectivity index (χ1v) is 9.38. The van der Waals surface area contributed by atoms with Crippen LogP contribution in [-0.4, -0.2) is 37.2 Å². The minimum atomic E-state index is -0.152. The van der Waals surface area contributed by atoms with Gasteiger partial charge in [0, 0.05) is 32.0 Å². The molecule has 0 saturated heterocycles. The van der Waals surface area contributed by atoms with Crippen molar-refractivity contribution in [2.24, 2.45) is 0 Å². The SMILES string of the molecule is O=C(/C=C/c1cnc2ccccc2n1)NCCc1nnc2n1CCCCC2. The average Bonchev–Trinajstić information content (AvgIpc) is 2.92. The van der Waals surface area contributed by atoms with Crippen molar-refractivity contribution in [2.75, 3.05) is 6.54 Å². The molecule has 1 amide bonds. The zero-order valence-corrected chi connectivity index (χ0v) is 15.1. The van der Waals surface area contributed by atoms with E-state index in [2.05, 4.69) is 30.0 Å². The van der Waals surface area contributed by atoms with E-state index in [-0.39, 0.29) is 5.91 Å². The number of rotatable bonds is 5. The van der Waals surface area contributed by atoms with Crippen molar-refractivity contribution in [3.05, 3.63) is 53.9 Å². The van der Waals surface area contributed by atoms with E-state index in [1.807, 2.05) is 24.3 Å². The van der Waals surface area contributed by atoms with E-state index in [1.165, 1.54) is 25.3 Å². The molecule has 0 aliphatic carbocycles. The summed E-state index contributed by atoms with van der Waals surface area (Å²) >= 11 is 0. The van der Waals surface area contributed by atoms with Crippen LogP contribution >= 0.6 is 0 Å². The van der Waals surface area contributed by atoms with Crippen LogP contribution in [0.25, 0.3) is 17.1 Å². The lowest BCUT2D eigenvalue weighted by Gasteiger charge is -2.07. The molecule has 0 unspecified atom stereocenters. The number of amides is 1. The lowest BCUT2D eigenvalue weighted by Crippen LogP contribution is -2.24. The molecule has 0 spiro atoms. The summed E-state index contributed by atoms with van der Waals surface area (Å²) in [5.41, 5.74) is 2.31. The largest absolute Gasteiger partial charge is 0.352 e. The third kappa shape index (κ3) is 4.19. The molecule has 1 aliphatic rings. The summed E-state index contributed by atoms with van der Waals surface area (Å²) in [4.78, 5) is 20.9. The number of nitrogens with zero attached hydrogens (tertiary/aromatic N) is 5. The van der Waals surface area contributed by atoms with Crippen molar-refractivity contribution in [1.29, 1.82) is 0 Å². The average molecular weight is 362 g/mol. The predicted molar refractivity (Wildman–Crippen MR) is 103 cm³/mol. The van der Waals surface area contributed by atoms with Crippen LogP contribution in [0, 0.1) is 0 Å². The lowest BCUT2D eigenvalue weighted by atomic mass is 10.2. The van der Waals surface area contributed by atoms with Gasteiger partial charge in [0.2, 0.25) is 5.91 Å². The van der Waals surface area contributed by atoms with Crippen molar-refractivity contribution in [2.45, 2.75) is 38.6 Å². The molecule has 0 atom stereocenters. The zero-order chi connectivity index (χ0) is 18.5. The maximum absolute atomic E-state index is 12.1. The van der Waals surface area contributed by atoms with E-state index in [0.29, 0.717) is 18.7 Å². The highest BCUT2D eigenvalue weighted by Gasteiger charge is 2.14. The van der Waals surface area contributed by atoms with E-state index in [0.717, 1.165) is 35.6 Å². The Bertz CT molecular complexity index is 978. The van der Waals surface area contributed by atoms with Gasteiger partial charge in [-0.1, -0.05) is 18.6 Å². The smallest absolute Gasteiger partial charge is 0.244 e. The number of hydrogen-bond acceptors (Lipinski definition) is 5. The van der Waals surface area contributed by atoms with Gasteiger partial charge < -0.3 is 9.88 Å². The van der Waals surface area contributed by atoms with E-state index >= 15 is 0 Å². The van der Waals surface area contributed by atoms with Gasteiger partial charge in [-0.15, -0.1) is 10.2 Å². The Morgan fingerprint density at radius 1 is 1.15 bits per heavy atom. The molecular formula is C20H22N6O. The molecule has 4 rings (SSSR count). The molecule has 0 bridgehead atoms. The van der Waals surface area contributed by atoms with Crippen molar-refractivity contribution < 1.29 is 4.79 Å². The topological polar surface area (TPSA) is 85.6 Å². The van der Waals surface area contributed by atoms with Gasteiger partial charge in [-0.05, 0) is 31.1 Å². The van der Waals surface area contributed by atoms with Crippen LogP contribution in [0.15, 0.2) is 36.5 Å². The summed E-state index contributed by atoms with van der Waals surface area (Å²) < 4.78 is 2.21. The molecule has 3 heterocycles. The van der Waals surface area contributed by atoms with Crippen LogP contribution in [0.1, 0.15) is 36.6 Å². The number of hydrogen-bond donors (Lipinski definition) is 1. The van der Waals surface area contributed by atoms with E-state index in [9.17, 15) is 4.79 Å². The summed E-state index contributed by atoms with van der Waals surface area (Å²) in [6.07, 6.45) is 10.1. The van der Waals surface area contributed by atoms with Gasteiger partial charge in [-0.2, -0.15) is 0 Å². The van der Waals surface area contributed by atoms with Gasteiger partial charge in [0.15, 0.2) is 0 Å². The molecule has 0 saturated carbocycles. The van der Waals surface area contributed by atoms with Crippen molar-refractivity contribution in [1.82, 2.24) is 30.0 Å². The molecule has 2 aromatic heterocycles. The monoisotopic (exact) mass is 362 g/mol. The van der Waals surface area contributed by atoms with Gasteiger partial charge in [-0.25, -0.2) is 4.98 Å². The Morgan fingerprint density at radius 2 is 2.04 bits per heavy atom. The first-order chi connectivity index (χ1) is 13.3. The second kappa shape index (κ2) is 8.07. The minimum absolute atomic E-state index is 0.152. The lowest BCUT2D eigenvalue weighted by molar-refractivity contribution is -0.116. The normalized spacial score (nSPS) is 14.2. The van der Waals surface area contributed by atoms with Crippen LogP contribution in [0.2, 0.25) is 0 Å². The molecule has 1 aliphatic heterocycles. The molecule has 7 nitrogen and oxygen atoms in total. The number of benzene rings is 1. The number of fused-ring (bicyclic) bond motifs is 2. The fourth-order valence-electron chi connectivity index (χ4n) is 3.30. The maximum Gasteiger partial charge on any atom is 0.244 e. The van der Waals surface area contributed by atoms with Crippen LogP contribution in [-0.2, 0) is 24.2 Å². The van der Waals surface area contributed by atoms with Crippen molar-refractivity contribution >= 4 is 23.0 Å². The van der Waals surface area contributed by atoms with Crippen LogP contribution in [0.5, 0.6) is 0 Å². The predicted octanol–water partition coefficient (Wildman–Crippen LogP) is 2.32. The van der Waals surface area contributed by atoms with Gasteiger partial charge in [0.25, 0.3) is 0 Å². The Labute approximate surface area is 157 Å². The zero-order valence-electron chi connectivity index (χ0n) is 15.1. The summed E-state index contributed by atoms with van der Waals surface area (Å²) in [5, 5.41) is 11.5. The Kier molecular flexibility index (Phi) is 5.18. The second-order valence-corrected chi connectivity index (χ2v) is 6.65. The quantitative estimate of drug-likeness (QED) is 0.704. The van der Waals surface area contributed by atoms with Gasteiger partial charge in [0.05, 0.1) is 22.9 Å². The van der Waals surface area contributed by atoms with Gasteiger partial charge >= 0.3 is 0 Å². The first-order valence-electron chi connectivity index (χ1n) is 9.38. The highest BCUT2D eigenvalue weighted by atomic mass is 16.1. The minimum Gasteiger partial charge on any atom is -0.352 e. The van der Waals surface area contributed by atoms with E-state index in [1.54, 1.807) is 12.3 Å². The fourth-order valence-corrected chi connectivity index (χ4v) is 3.30. The molecule has 1 aromatic carbocycles. The summed E-state index contributed by atoms with van der Waals surface area (Å²) in [7, 11) is 0. The van der Waals surface area contributed by atoms with Crippen molar-refractivity contribution in [3.63, 3.8) is 0 Å². The van der Waals surface area contributed by atoms with Crippen LogP contribution in [0.3, 0.4) is 0 Å². The highest BCUT2D eigenvalue weighted by Crippen LogP contribution is 2.14. The van der Waals surface area contributed by atoms with Crippen LogP contribution in [0.4, 0.5) is 0 Å². The third-order valence-corrected chi connectivity index (χ3v) is 4.71. The summed E-state index contributed by atoms with van der Waals surface area (Å²) in [6.45, 7) is 1.51. The Balaban J connectivity index is 1.31. The van der Waals surface area contributed by atoms with E-state index in [4.69, 9.17) is 0 Å². The van der Waals surface area contributed by atoms with E-state index < -0.39 is 0 Å². The van der Waals surface area contributed by atoms with Gasteiger partial charge in [-0.3, -0.25) is 9.78 Å². The van der Waals surface area contributed by atoms with Crippen LogP contribution < -0.4 is 5.32 Å². The molecule has 3 aromatic rings. The Hall–Kier alpha value is -3.09. The molecule has 7 heteroatoms. The highest BCUT2D eigenvalue weighted by molar-refractivity contribution is 5.91. The van der Waals surface area contributed by atoms with Gasteiger partial charge in [0.1, 0.15) is 11.6 Å². The first kappa shape index (κ1) is 17.3.